The molecule has 7 nitrogen and oxygen atoms in total. The van der Waals surface area contributed by atoms with Gasteiger partial charge in [-0.25, -0.2) is 9.97 Å². The van der Waals surface area contributed by atoms with Gasteiger partial charge in [-0.1, -0.05) is 18.2 Å². The van der Waals surface area contributed by atoms with Gasteiger partial charge in [0.2, 0.25) is 0 Å². The fourth-order valence-corrected chi connectivity index (χ4v) is 1.85. The maximum Gasteiger partial charge on any atom is 0.325 e. The Hall–Kier alpha value is -2.96. The highest BCUT2D eigenvalue weighted by Crippen LogP contribution is 2.25. The second-order valence-electron chi connectivity index (χ2n) is 4.21. The van der Waals surface area contributed by atoms with Crippen LogP contribution in [0, 0.1) is 0 Å². The van der Waals surface area contributed by atoms with Crippen LogP contribution in [0.3, 0.4) is 0 Å². The van der Waals surface area contributed by atoms with Gasteiger partial charge in [0, 0.05) is 0 Å². The Kier molecular flexibility index (Phi) is 3.46. The van der Waals surface area contributed by atoms with Crippen LogP contribution in [0.5, 0.6) is 11.6 Å². The fourth-order valence-electron chi connectivity index (χ4n) is 1.85. The summed E-state index contributed by atoms with van der Waals surface area (Å²) in [5.74, 6) is 0.619. The van der Waals surface area contributed by atoms with Crippen molar-refractivity contribution in [3.05, 3.63) is 43.0 Å². The highest BCUT2D eigenvalue weighted by molar-refractivity contribution is 5.78. The summed E-state index contributed by atoms with van der Waals surface area (Å²) in [4.78, 5) is 23.8. The summed E-state index contributed by atoms with van der Waals surface area (Å²) >= 11 is 0. The number of fused-ring (bicyclic) bond motifs is 1. The zero-order chi connectivity index (χ0) is 14.7. The quantitative estimate of drug-likeness (QED) is 0.680. The number of aromatic nitrogens is 4. The van der Waals surface area contributed by atoms with Crippen molar-refractivity contribution >= 4 is 17.1 Å². The lowest BCUT2D eigenvalue weighted by Crippen LogP contribution is -2.11. The SMILES string of the molecule is COC(=O)Cn1cnc2c(Oc3ccccc3)ncnc21. The number of ether oxygens (including phenoxy) is 2. The summed E-state index contributed by atoms with van der Waals surface area (Å²) in [6.45, 7) is 0.0365. The monoisotopic (exact) mass is 284 g/mol. The topological polar surface area (TPSA) is 79.1 Å². The molecule has 0 aliphatic carbocycles. The summed E-state index contributed by atoms with van der Waals surface area (Å²) in [6, 6.07) is 9.26. The number of rotatable bonds is 4. The Bertz CT molecular complexity index is 770. The van der Waals surface area contributed by atoms with E-state index in [1.165, 1.54) is 19.8 Å². The largest absolute Gasteiger partial charge is 0.468 e. The van der Waals surface area contributed by atoms with Crippen LogP contribution in [0.2, 0.25) is 0 Å². The zero-order valence-electron chi connectivity index (χ0n) is 11.3. The molecule has 0 spiro atoms. The Morgan fingerprint density at radius 2 is 2.00 bits per heavy atom. The molecular weight excluding hydrogens is 272 g/mol. The number of esters is 1. The number of imidazole rings is 1. The van der Waals surface area contributed by atoms with Crippen LogP contribution in [0.25, 0.3) is 11.2 Å². The molecule has 0 aliphatic heterocycles. The molecule has 0 unspecified atom stereocenters. The van der Waals surface area contributed by atoms with E-state index in [0.717, 1.165) is 0 Å². The molecule has 2 heterocycles. The summed E-state index contributed by atoms with van der Waals surface area (Å²) < 4.78 is 11.9. The molecule has 0 bridgehead atoms. The molecule has 2 aromatic heterocycles. The second-order valence-corrected chi connectivity index (χ2v) is 4.21. The minimum Gasteiger partial charge on any atom is -0.468 e. The number of carbonyl (C=O) groups is 1. The molecule has 0 atom stereocenters. The van der Waals surface area contributed by atoms with Gasteiger partial charge in [-0.2, -0.15) is 4.98 Å². The predicted molar refractivity (Wildman–Crippen MR) is 73.9 cm³/mol. The van der Waals surface area contributed by atoms with E-state index in [1.807, 2.05) is 30.3 Å². The number of hydrogen-bond acceptors (Lipinski definition) is 6. The van der Waals surface area contributed by atoms with Crippen LogP contribution >= 0.6 is 0 Å². The molecule has 7 heteroatoms. The van der Waals surface area contributed by atoms with Gasteiger partial charge in [0.1, 0.15) is 18.6 Å². The predicted octanol–water partition coefficient (Wildman–Crippen LogP) is 1.79. The average Bonchev–Trinajstić information content (AvgIpc) is 2.92. The third-order valence-corrected chi connectivity index (χ3v) is 2.85. The molecule has 0 fully saturated rings. The first-order valence-electron chi connectivity index (χ1n) is 6.23. The number of hydrogen-bond donors (Lipinski definition) is 0. The number of carbonyl (C=O) groups excluding carboxylic acids is 1. The molecule has 1 aromatic carbocycles. The standard InChI is InChI=1S/C14H12N4O3/c1-20-11(19)7-18-9-17-12-13(18)15-8-16-14(12)21-10-5-3-2-4-6-10/h2-6,8-9H,7H2,1H3. The first kappa shape index (κ1) is 13.0. The van der Waals surface area contributed by atoms with Gasteiger partial charge < -0.3 is 14.0 Å². The average molecular weight is 284 g/mol. The summed E-state index contributed by atoms with van der Waals surface area (Å²) in [5, 5.41) is 0. The number of benzene rings is 1. The molecular formula is C14H12N4O3. The maximum atomic E-state index is 11.4. The van der Waals surface area contributed by atoms with E-state index in [2.05, 4.69) is 19.7 Å². The van der Waals surface area contributed by atoms with Crippen LogP contribution in [0.15, 0.2) is 43.0 Å². The van der Waals surface area contributed by atoms with Crippen molar-refractivity contribution < 1.29 is 14.3 Å². The van der Waals surface area contributed by atoms with Gasteiger partial charge >= 0.3 is 5.97 Å². The molecule has 0 N–H and O–H groups in total. The van der Waals surface area contributed by atoms with E-state index < -0.39 is 0 Å². The summed E-state index contributed by atoms with van der Waals surface area (Å²) in [6.07, 6.45) is 2.88. The number of methoxy groups -OCH3 is 1. The minimum atomic E-state index is -0.376. The molecule has 0 amide bonds. The molecule has 3 rings (SSSR count). The van der Waals surface area contributed by atoms with E-state index in [1.54, 1.807) is 4.57 Å². The van der Waals surface area contributed by atoms with Crippen molar-refractivity contribution in [2.24, 2.45) is 0 Å². The molecule has 106 valence electrons. The third-order valence-electron chi connectivity index (χ3n) is 2.85. The summed E-state index contributed by atoms with van der Waals surface area (Å²) in [5.41, 5.74) is 1.01. The van der Waals surface area contributed by atoms with Crippen LogP contribution in [0.4, 0.5) is 0 Å². The Labute approximate surface area is 120 Å². The smallest absolute Gasteiger partial charge is 0.325 e. The highest BCUT2D eigenvalue weighted by atomic mass is 16.5. The van der Waals surface area contributed by atoms with Gasteiger partial charge in [-0.05, 0) is 12.1 Å². The second kappa shape index (κ2) is 5.58. The van der Waals surface area contributed by atoms with E-state index in [9.17, 15) is 4.79 Å². The van der Waals surface area contributed by atoms with Crippen LogP contribution in [0.1, 0.15) is 0 Å². The van der Waals surface area contributed by atoms with Gasteiger partial charge in [0.05, 0.1) is 13.4 Å². The van der Waals surface area contributed by atoms with Crippen LogP contribution < -0.4 is 4.74 Å². The lowest BCUT2D eigenvalue weighted by molar-refractivity contribution is -0.141. The van der Waals surface area contributed by atoms with E-state index in [0.29, 0.717) is 22.8 Å². The summed E-state index contributed by atoms with van der Waals surface area (Å²) in [7, 11) is 1.33. The first-order chi connectivity index (χ1) is 10.3. The van der Waals surface area contributed by atoms with E-state index >= 15 is 0 Å². The van der Waals surface area contributed by atoms with Gasteiger partial charge in [-0.3, -0.25) is 4.79 Å². The lowest BCUT2D eigenvalue weighted by atomic mass is 10.3. The first-order valence-corrected chi connectivity index (χ1v) is 6.23. The lowest BCUT2D eigenvalue weighted by Gasteiger charge is -2.05. The van der Waals surface area contributed by atoms with Crippen LogP contribution in [-0.4, -0.2) is 32.6 Å². The Morgan fingerprint density at radius 3 is 2.76 bits per heavy atom. The molecule has 0 aliphatic rings. The zero-order valence-corrected chi connectivity index (χ0v) is 11.3. The van der Waals surface area contributed by atoms with Crippen molar-refractivity contribution in [2.45, 2.75) is 6.54 Å². The van der Waals surface area contributed by atoms with Crippen molar-refractivity contribution in [1.82, 2.24) is 19.5 Å². The third kappa shape index (κ3) is 2.66. The molecule has 0 radical (unpaired) electrons. The Balaban J connectivity index is 1.96. The number of nitrogens with zero attached hydrogens (tertiary/aromatic N) is 4. The molecule has 3 aromatic rings. The van der Waals surface area contributed by atoms with E-state index in [4.69, 9.17) is 4.74 Å². The highest BCUT2D eigenvalue weighted by Gasteiger charge is 2.13. The fraction of sp³-hybridized carbons (Fsp3) is 0.143. The van der Waals surface area contributed by atoms with Crippen molar-refractivity contribution in [3.63, 3.8) is 0 Å². The van der Waals surface area contributed by atoms with E-state index in [-0.39, 0.29) is 12.5 Å². The van der Waals surface area contributed by atoms with Gasteiger partial charge in [-0.15, -0.1) is 0 Å². The minimum absolute atomic E-state index is 0.0365. The normalized spacial score (nSPS) is 10.5. The molecule has 21 heavy (non-hydrogen) atoms. The van der Waals surface area contributed by atoms with Crippen molar-refractivity contribution in [1.29, 1.82) is 0 Å². The molecule has 0 saturated carbocycles. The van der Waals surface area contributed by atoms with Crippen LogP contribution in [-0.2, 0) is 16.1 Å². The maximum absolute atomic E-state index is 11.4. The number of para-hydroxylation sites is 1. The van der Waals surface area contributed by atoms with Gasteiger partial charge in [0.25, 0.3) is 5.88 Å². The molecule has 0 saturated heterocycles. The Morgan fingerprint density at radius 1 is 1.19 bits per heavy atom. The van der Waals surface area contributed by atoms with Gasteiger partial charge in [0.15, 0.2) is 11.2 Å². The van der Waals surface area contributed by atoms with Crippen molar-refractivity contribution in [2.75, 3.05) is 7.11 Å². The van der Waals surface area contributed by atoms with Crippen molar-refractivity contribution in [3.8, 4) is 11.6 Å².